The molecule has 0 unspecified atom stereocenters. The zero-order valence-electron chi connectivity index (χ0n) is 25.2. The van der Waals surface area contributed by atoms with Gasteiger partial charge in [-0.25, -0.2) is 13.2 Å². The van der Waals surface area contributed by atoms with Gasteiger partial charge in [-0.2, -0.15) is 0 Å². The van der Waals surface area contributed by atoms with Crippen molar-refractivity contribution in [3.05, 3.63) is 102 Å². The number of carbonyl (C=O) groups is 2. The zero-order chi connectivity index (χ0) is 32.2. The standard InChI is InChI=1S/C33H39NO10S/c1-23(32(37)41-18-19-45(38,39)27-16-10-5-11-17-27)43-31-29(34-24(2)35)33(42-21-26-14-8-4-9-15-26)44-28(30(31)36)22-40-20-25-12-6-3-7-13-25/h3-17,23,28-31,33,36H,18-22H2,1-2H3,(H,34,35)/t23-,28-,29-,30-,31-,33+/m1/s1. The van der Waals surface area contributed by atoms with Crippen molar-refractivity contribution in [1.82, 2.24) is 5.32 Å². The second kappa shape index (κ2) is 16.6. The summed E-state index contributed by atoms with van der Waals surface area (Å²) in [7, 11) is -3.67. The summed E-state index contributed by atoms with van der Waals surface area (Å²) in [5.41, 5.74) is 1.78. The highest BCUT2D eigenvalue weighted by molar-refractivity contribution is 7.91. The van der Waals surface area contributed by atoms with Crippen LogP contribution < -0.4 is 5.32 Å². The molecule has 0 spiro atoms. The van der Waals surface area contributed by atoms with Gasteiger partial charge in [0.2, 0.25) is 5.91 Å². The van der Waals surface area contributed by atoms with Gasteiger partial charge in [0.15, 0.2) is 22.2 Å². The Kier molecular flexibility index (Phi) is 12.6. The lowest BCUT2D eigenvalue weighted by Gasteiger charge is -2.45. The van der Waals surface area contributed by atoms with Gasteiger partial charge in [-0.05, 0) is 30.2 Å². The smallest absolute Gasteiger partial charge is 0.335 e. The van der Waals surface area contributed by atoms with Gasteiger partial charge in [0.05, 0.1) is 30.5 Å². The van der Waals surface area contributed by atoms with Crippen molar-refractivity contribution in [3.8, 4) is 0 Å². The molecule has 242 valence electrons. The third kappa shape index (κ3) is 10.2. The highest BCUT2D eigenvalue weighted by Gasteiger charge is 2.48. The maximum absolute atomic E-state index is 12.9. The first-order valence-electron chi connectivity index (χ1n) is 14.6. The van der Waals surface area contributed by atoms with Crippen LogP contribution in [0.3, 0.4) is 0 Å². The number of aliphatic hydroxyl groups excluding tert-OH is 1. The van der Waals surface area contributed by atoms with Crippen LogP contribution in [-0.4, -0.2) is 81.1 Å². The fraction of sp³-hybridized carbons (Fsp3) is 0.394. The Bertz CT molecular complexity index is 1460. The van der Waals surface area contributed by atoms with E-state index in [0.717, 1.165) is 11.1 Å². The largest absolute Gasteiger partial charge is 0.463 e. The van der Waals surface area contributed by atoms with E-state index in [2.05, 4.69) is 5.32 Å². The first-order chi connectivity index (χ1) is 21.6. The summed E-state index contributed by atoms with van der Waals surface area (Å²) in [5, 5.41) is 14.1. The molecule has 2 N–H and O–H groups in total. The van der Waals surface area contributed by atoms with Gasteiger partial charge >= 0.3 is 5.97 Å². The normalized spacial score (nSPS) is 22.3. The number of carbonyl (C=O) groups excluding carboxylic acids is 2. The van der Waals surface area contributed by atoms with E-state index in [1.54, 1.807) is 18.2 Å². The molecule has 4 rings (SSSR count). The van der Waals surface area contributed by atoms with Gasteiger partial charge in [-0.15, -0.1) is 0 Å². The number of aliphatic hydroxyl groups is 1. The van der Waals surface area contributed by atoms with Gasteiger partial charge in [0, 0.05) is 6.92 Å². The maximum atomic E-state index is 12.9. The summed E-state index contributed by atoms with van der Waals surface area (Å²) in [6, 6.07) is 25.6. The van der Waals surface area contributed by atoms with Gasteiger partial charge in [-0.1, -0.05) is 78.9 Å². The molecular formula is C33H39NO10S. The van der Waals surface area contributed by atoms with Crippen LogP contribution >= 0.6 is 0 Å². The lowest BCUT2D eigenvalue weighted by atomic mass is 9.96. The molecule has 1 heterocycles. The molecule has 1 fully saturated rings. The average Bonchev–Trinajstić information content (AvgIpc) is 3.04. The SMILES string of the molecule is CC(=O)N[C@H]1[C@@H](OCc2ccccc2)O[C@H](COCc2ccccc2)[C@@H](O)[C@@H]1O[C@H](C)C(=O)OCCS(=O)(=O)c1ccccc1. The minimum absolute atomic E-state index is 0.0376. The van der Waals surface area contributed by atoms with Gasteiger partial charge in [0.1, 0.15) is 31.0 Å². The van der Waals surface area contributed by atoms with E-state index in [0.29, 0.717) is 0 Å². The number of ether oxygens (including phenoxy) is 5. The van der Waals surface area contributed by atoms with Gasteiger partial charge in [0.25, 0.3) is 0 Å². The molecule has 3 aromatic rings. The monoisotopic (exact) mass is 641 g/mol. The van der Waals surface area contributed by atoms with Crippen LogP contribution in [0.5, 0.6) is 0 Å². The summed E-state index contributed by atoms with van der Waals surface area (Å²) in [6.07, 6.45) is -5.78. The van der Waals surface area contributed by atoms with Crippen LogP contribution in [0.4, 0.5) is 0 Å². The number of rotatable bonds is 15. The molecule has 0 aromatic heterocycles. The van der Waals surface area contributed by atoms with Crippen LogP contribution in [0.15, 0.2) is 95.9 Å². The first kappa shape index (κ1) is 34.2. The average molecular weight is 642 g/mol. The molecule has 0 saturated carbocycles. The van der Waals surface area contributed by atoms with Gasteiger partial charge < -0.3 is 34.1 Å². The number of esters is 1. The number of sulfone groups is 1. The van der Waals surface area contributed by atoms with Crippen molar-refractivity contribution in [2.45, 2.75) is 68.7 Å². The lowest BCUT2D eigenvalue weighted by Crippen LogP contribution is -2.66. The van der Waals surface area contributed by atoms with Crippen molar-refractivity contribution in [2.75, 3.05) is 19.0 Å². The molecule has 12 heteroatoms. The van der Waals surface area contributed by atoms with Crippen LogP contribution in [0.1, 0.15) is 25.0 Å². The molecule has 0 bridgehead atoms. The van der Waals surface area contributed by atoms with Crippen molar-refractivity contribution in [1.29, 1.82) is 0 Å². The van der Waals surface area contributed by atoms with E-state index < -0.39 is 70.8 Å². The molecule has 6 atom stereocenters. The number of nitrogens with one attached hydrogen (secondary N) is 1. The molecule has 11 nitrogen and oxygen atoms in total. The van der Waals surface area contributed by atoms with Crippen LogP contribution in [0.25, 0.3) is 0 Å². The third-order valence-corrected chi connectivity index (χ3v) is 8.78. The van der Waals surface area contributed by atoms with Crippen molar-refractivity contribution < 1.29 is 46.8 Å². The lowest BCUT2D eigenvalue weighted by molar-refractivity contribution is -0.287. The summed E-state index contributed by atoms with van der Waals surface area (Å²) in [6.45, 7) is 2.69. The molecule has 1 aliphatic heterocycles. The molecule has 1 amide bonds. The molecule has 1 saturated heterocycles. The highest BCUT2D eigenvalue weighted by Crippen LogP contribution is 2.27. The Labute approximate surface area is 263 Å². The summed E-state index contributed by atoms with van der Waals surface area (Å²) in [4.78, 5) is 25.2. The predicted octanol–water partition coefficient (Wildman–Crippen LogP) is 2.80. The first-order valence-corrected chi connectivity index (χ1v) is 16.3. The Balaban J connectivity index is 1.45. The maximum Gasteiger partial charge on any atom is 0.335 e. The van der Waals surface area contributed by atoms with Crippen LogP contribution in [-0.2, 0) is 56.3 Å². The molecule has 1 aliphatic rings. The fourth-order valence-corrected chi connectivity index (χ4v) is 5.88. The minimum atomic E-state index is -3.67. The Morgan fingerprint density at radius 3 is 2.09 bits per heavy atom. The van der Waals surface area contributed by atoms with E-state index in [4.69, 9.17) is 23.7 Å². The van der Waals surface area contributed by atoms with Crippen molar-refractivity contribution >= 4 is 21.7 Å². The van der Waals surface area contributed by atoms with E-state index in [1.165, 1.54) is 26.0 Å². The quantitative estimate of drug-likeness (QED) is 0.238. The van der Waals surface area contributed by atoms with Crippen molar-refractivity contribution in [3.63, 3.8) is 0 Å². The predicted molar refractivity (Wildman–Crippen MR) is 163 cm³/mol. The fourth-order valence-electron chi connectivity index (χ4n) is 4.77. The number of hydrogen-bond donors (Lipinski definition) is 2. The Morgan fingerprint density at radius 2 is 1.49 bits per heavy atom. The summed E-state index contributed by atoms with van der Waals surface area (Å²) < 4.78 is 54.4. The van der Waals surface area contributed by atoms with Crippen LogP contribution in [0, 0.1) is 0 Å². The zero-order valence-corrected chi connectivity index (χ0v) is 26.0. The Morgan fingerprint density at radius 1 is 0.911 bits per heavy atom. The van der Waals surface area contributed by atoms with Crippen molar-refractivity contribution in [2.24, 2.45) is 0 Å². The number of amides is 1. The second-order valence-corrected chi connectivity index (χ2v) is 12.7. The van der Waals surface area contributed by atoms with E-state index in [-0.39, 0.29) is 24.7 Å². The Hall–Kier alpha value is -3.65. The second-order valence-electron chi connectivity index (χ2n) is 10.6. The van der Waals surface area contributed by atoms with E-state index >= 15 is 0 Å². The number of hydrogen-bond acceptors (Lipinski definition) is 10. The van der Waals surface area contributed by atoms with Crippen LogP contribution in [0.2, 0.25) is 0 Å². The topological polar surface area (TPSA) is 147 Å². The van der Waals surface area contributed by atoms with E-state index in [1.807, 2.05) is 60.7 Å². The summed E-state index contributed by atoms with van der Waals surface area (Å²) in [5.74, 6) is -1.69. The third-order valence-electron chi connectivity index (χ3n) is 7.09. The van der Waals surface area contributed by atoms with Gasteiger partial charge in [-0.3, -0.25) is 4.79 Å². The summed E-state index contributed by atoms with van der Waals surface area (Å²) >= 11 is 0. The molecule has 3 aromatic carbocycles. The highest BCUT2D eigenvalue weighted by atomic mass is 32.2. The molecule has 0 radical (unpaired) electrons. The molecule has 0 aliphatic carbocycles. The number of benzene rings is 3. The molecular weight excluding hydrogens is 602 g/mol. The molecule has 45 heavy (non-hydrogen) atoms. The van der Waals surface area contributed by atoms with E-state index in [9.17, 15) is 23.1 Å². The minimum Gasteiger partial charge on any atom is -0.463 e.